The molecule has 0 aromatic heterocycles. The maximum atomic E-state index is 13.3. The molecular weight excluding hydrogens is 575 g/mol. The maximum Gasteiger partial charge on any atom is 0.409 e. The Morgan fingerprint density at radius 1 is 0.844 bits per heavy atom. The molecule has 6 rings (SSSR count). The second-order valence-electron chi connectivity index (χ2n) is 12.5. The van der Waals surface area contributed by atoms with Gasteiger partial charge in [0.1, 0.15) is 17.0 Å². The highest BCUT2D eigenvalue weighted by atomic mass is 19.1. The van der Waals surface area contributed by atoms with Crippen molar-refractivity contribution in [2.45, 2.75) is 56.7 Å². The van der Waals surface area contributed by atoms with Crippen LogP contribution in [0.3, 0.4) is 0 Å². The zero-order valence-electron chi connectivity index (χ0n) is 25.6. The average Bonchev–Trinajstić information content (AvgIpc) is 3.68. The summed E-state index contributed by atoms with van der Waals surface area (Å²) in [5, 5.41) is 31.1. The number of carbonyl (C=O) groups is 2. The molecule has 8 nitrogen and oxygen atoms in total. The number of fused-ring (bicyclic) bond motifs is 2. The number of ether oxygens (including phenoxy) is 1. The highest BCUT2D eigenvalue weighted by Crippen LogP contribution is 2.43. The van der Waals surface area contributed by atoms with Crippen molar-refractivity contribution >= 4 is 12.2 Å². The fourth-order valence-corrected chi connectivity index (χ4v) is 7.33. The minimum absolute atomic E-state index is 0.0708. The molecule has 2 aromatic carbocycles. The van der Waals surface area contributed by atoms with Crippen molar-refractivity contribution in [3.8, 4) is 23.7 Å². The zero-order chi connectivity index (χ0) is 32.0. The van der Waals surface area contributed by atoms with Gasteiger partial charge in [-0.1, -0.05) is 47.9 Å². The van der Waals surface area contributed by atoms with Crippen molar-refractivity contribution in [1.29, 1.82) is 0 Å². The Morgan fingerprint density at radius 3 is 1.98 bits per heavy atom. The second-order valence-corrected chi connectivity index (χ2v) is 12.5. The maximum absolute atomic E-state index is 13.3. The van der Waals surface area contributed by atoms with Gasteiger partial charge >= 0.3 is 12.2 Å². The molecule has 0 bridgehead atoms. The number of carbonyl (C=O) groups excluding carboxylic acids is 1. The third kappa shape index (κ3) is 7.61. The van der Waals surface area contributed by atoms with Crippen LogP contribution in [0.4, 0.5) is 14.0 Å². The number of aliphatic hydroxyl groups is 2. The molecule has 6 unspecified atom stereocenters. The SMILES string of the molecule is CCOC(=O)N1CC2CCCC(O)(C#Cc3cccc(F)c3)C2C1.O=C(O)N1CC2CCCC(O)(C#Cc3ccccc3)C2C1. The molecule has 45 heavy (non-hydrogen) atoms. The second kappa shape index (κ2) is 13.9. The van der Waals surface area contributed by atoms with E-state index in [2.05, 4.69) is 23.7 Å². The van der Waals surface area contributed by atoms with E-state index in [4.69, 9.17) is 9.84 Å². The molecule has 4 fully saturated rings. The van der Waals surface area contributed by atoms with E-state index < -0.39 is 17.3 Å². The Bertz CT molecular complexity index is 1500. The van der Waals surface area contributed by atoms with Gasteiger partial charge in [0.2, 0.25) is 0 Å². The van der Waals surface area contributed by atoms with Crippen LogP contribution in [0.5, 0.6) is 0 Å². The zero-order valence-corrected chi connectivity index (χ0v) is 25.6. The van der Waals surface area contributed by atoms with Crippen molar-refractivity contribution in [3.63, 3.8) is 0 Å². The Kier molecular flexibility index (Phi) is 10.0. The molecular formula is C36H41FN2O6. The molecule has 9 heteroatoms. The predicted octanol–water partition coefficient (Wildman–Crippen LogP) is 4.98. The standard InChI is InChI=1S/C19H22FNO3.C17H19NO3/c1-2-24-18(22)21-12-15-6-4-9-19(23,17(15)13-21)10-8-14-5-3-7-16(20)11-14;19-16(20)18-11-14-7-4-9-17(21,15(14)12-18)10-8-13-5-2-1-3-6-13/h3,5,7,11,15,17,23H,2,4,6,9,12-13H2,1H3;1-3,5-6,14-15,21H,4,7,9,11-12H2,(H,19,20). The number of nitrogens with zero attached hydrogens (tertiary/aromatic N) is 2. The number of hydrogen-bond acceptors (Lipinski definition) is 5. The molecule has 0 radical (unpaired) electrons. The average molecular weight is 617 g/mol. The van der Waals surface area contributed by atoms with Gasteiger partial charge in [-0.05, 0) is 87.6 Å². The number of likely N-dealkylation sites (tertiary alicyclic amines) is 2. The Labute approximate surface area is 264 Å². The number of hydrogen-bond donors (Lipinski definition) is 3. The van der Waals surface area contributed by atoms with Crippen LogP contribution in [-0.4, -0.2) is 81.3 Å². The molecule has 2 saturated heterocycles. The summed E-state index contributed by atoms with van der Waals surface area (Å²) in [4.78, 5) is 26.2. The minimum Gasteiger partial charge on any atom is -0.465 e. The molecule has 2 aliphatic heterocycles. The summed E-state index contributed by atoms with van der Waals surface area (Å²) < 4.78 is 18.3. The molecule has 6 atom stereocenters. The molecule has 4 aliphatic rings. The number of amides is 2. The van der Waals surface area contributed by atoms with Crippen LogP contribution in [0.15, 0.2) is 54.6 Å². The van der Waals surface area contributed by atoms with Gasteiger partial charge in [0.05, 0.1) is 6.61 Å². The summed E-state index contributed by atoms with van der Waals surface area (Å²) in [6.07, 6.45) is 3.69. The van der Waals surface area contributed by atoms with E-state index in [1.54, 1.807) is 24.0 Å². The van der Waals surface area contributed by atoms with Crippen molar-refractivity contribution < 1.29 is 34.0 Å². The third-order valence-corrected chi connectivity index (χ3v) is 9.62. The van der Waals surface area contributed by atoms with Gasteiger partial charge in [-0.3, -0.25) is 0 Å². The van der Waals surface area contributed by atoms with Crippen molar-refractivity contribution in [3.05, 3.63) is 71.5 Å². The van der Waals surface area contributed by atoms with Gasteiger partial charge in [-0.25, -0.2) is 14.0 Å². The number of halogens is 1. The first-order valence-corrected chi connectivity index (χ1v) is 15.8. The Hall–Kier alpha value is -4.05. The first-order valence-electron chi connectivity index (χ1n) is 15.8. The van der Waals surface area contributed by atoms with Crippen molar-refractivity contribution in [1.82, 2.24) is 9.80 Å². The highest BCUT2D eigenvalue weighted by molar-refractivity contribution is 5.68. The summed E-state index contributed by atoms with van der Waals surface area (Å²) >= 11 is 0. The Morgan fingerprint density at radius 2 is 1.40 bits per heavy atom. The van der Waals surface area contributed by atoms with E-state index in [0.717, 1.165) is 31.2 Å². The molecule has 2 saturated carbocycles. The number of rotatable bonds is 1. The van der Waals surface area contributed by atoms with Crippen LogP contribution in [-0.2, 0) is 4.74 Å². The third-order valence-electron chi connectivity index (χ3n) is 9.62. The van der Waals surface area contributed by atoms with Gasteiger partial charge in [0, 0.05) is 49.1 Å². The molecule has 2 aliphatic carbocycles. The van der Waals surface area contributed by atoms with E-state index >= 15 is 0 Å². The molecule has 2 heterocycles. The van der Waals surface area contributed by atoms with Gasteiger partial charge in [-0.15, -0.1) is 0 Å². The summed E-state index contributed by atoms with van der Waals surface area (Å²) in [6.45, 7) is 4.09. The van der Waals surface area contributed by atoms with E-state index in [1.807, 2.05) is 30.3 Å². The lowest BCUT2D eigenvalue weighted by atomic mass is 9.71. The van der Waals surface area contributed by atoms with Gasteiger partial charge < -0.3 is 29.9 Å². The normalized spacial score (nSPS) is 29.9. The summed E-state index contributed by atoms with van der Waals surface area (Å²) in [5.74, 6) is 11.9. The van der Waals surface area contributed by atoms with E-state index in [-0.39, 0.29) is 35.6 Å². The quantitative estimate of drug-likeness (QED) is 0.390. The highest BCUT2D eigenvalue weighted by Gasteiger charge is 2.50. The van der Waals surface area contributed by atoms with Crippen molar-refractivity contribution in [2.75, 3.05) is 32.8 Å². The fraction of sp³-hybridized carbons (Fsp3) is 0.500. The van der Waals surface area contributed by atoms with E-state index in [1.165, 1.54) is 17.0 Å². The first-order chi connectivity index (χ1) is 21.6. The van der Waals surface area contributed by atoms with Gasteiger partial charge in [-0.2, -0.15) is 0 Å². The van der Waals surface area contributed by atoms with Crippen LogP contribution < -0.4 is 0 Å². The predicted molar refractivity (Wildman–Crippen MR) is 166 cm³/mol. The topological polar surface area (TPSA) is 111 Å². The minimum atomic E-state index is -1.14. The molecule has 2 amide bonds. The van der Waals surface area contributed by atoms with Crippen LogP contribution in [0.25, 0.3) is 0 Å². The lowest BCUT2D eigenvalue weighted by molar-refractivity contribution is -0.00825. The first kappa shape index (κ1) is 32.3. The Balaban J connectivity index is 0.000000179. The van der Waals surface area contributed by atoms with Gasteiger partial charge in [0.15, 0.2) is 0 Å². The fourth-order valence-electron chi connectivity index (χ4n) is 7.33. The van der Waals surface area contributed by atoms with Crippen LogP contribution in [0.2, 0.25) is 0 Å². The number of benzene rings is 2. The summed E-state index contributed by atoms with van der Waals surface area (Å²) in [6, 6.07) is 15.6. The molecule has 2 aromatic rings. The smallest absolute Gasteiger partial charge is 0.409 e. The van der Waals surface area contributed by atoms with Crippen LogP contribution in [0.1, 0.15) is 56.6 Å². The number of carboxylic acid groups (broad SMARTS) is 1. The molecule has 0 spiro atoms. The summed E-state index contributed by atoms with van der Waals surface area (Å²) in [5.41, 5.74) is -0.786. The van der Waals surface area contributed by atoms with E-state index in [9.17, 15) is 24.2 Å². The van der Waals surface area contributed by atoms with E-state index in [0.29, 0.717) is 51.2 Å². The lowest BCUT2D eigenvalue weighted by Crippen LogP contribution is -2.44. The lowest BCUT2D eigenvalue weighted by Gasteiger charge is -2.37. The van der Waals surface area contributed by atoms with Crippen LogP contribution in [0, 0.1) is 53.2 Å². The van der Waals surface area contributed by atoms with Crippen molar-refractivity contribution in [2.24, 2.45) is 23.7 Å². The largest absolute Gasteiger partial charge is 0.465 e. The molecule has 238 valence electrons. The summed E-state index contributed by atoms with van der Waals surface area (Å²) in [7, 11) is 0. The monoisotopic (exact) mass is 616 g/mol. The van der Waals surface area contributed by atoms with Crippen LogP contribution >= 0.6 is 0 Å². The molecule has 3 N–H and O–H groups in total. The van der Waals surface area contributed by atoms with Gasteiger partial charge in [0.25, 0.3) is 0 Å².